The molecule has 186 valence electrons. The summed E-state index contributed by atoms with van der Waals surface area (Å²) in [7, 11) is -2.47. The minimum atomic E-state index is -4.01. The van der Waals surface area contributed by atoms with Crippen molar-refractivity contribution in [1.29, 1.82) is 0 Å². The minimum absolute atomic E-state index is 0.102. The molecule has 0 saturated heterocycles. The molecule has 0 atom stereocenters. The van der Waals surface area contributed by atoms with E-state index in [9.17, 15) is 13.2 Å². The van der Waals surface area contributed by atoms with Gasteiger partial charge in [0.25, 0.3) is 10.0 Å². The van der Waals surface area contributed by atoms with E-state index in [2.05, 4.69) is 0 Å². The number of ketones is 1. The van der Waals surface area contributed by atoms with Crippen molar-refractivity contribution in [3.63, 3.8) is 0 Å². The number of sulfonamides is 1. The number of benzene rings is 3. The second kappa shape index (κ2) is 10.7. The lowest BCUT2D eigenvalue weighted by Gasteiger charge is -2.24. The van der Waals surface area contributed by atoms with Gasteiger partial charge in [-0.1, -0.05) is 48.5 Å². The van der Waals surface area contributed by atoms with Crippen molar-refractivity contribution in [2.24, 2.45) is 0 Å². The molecule has 1 aromatic heterocycles. The van der Waals surface area contributed by atoms with Gasteiger partial charge < -0.3 is 9.57 Å². The highest BCUT2D eigenvalue weighted by Gasteiger charge is 2.29. The van der Waals surface area contributed by atoms with Gasteiger partial charge in [0.2, 0.25) is 0 Å². The molecule has 0 aliphatic rings. The molecule has 0 aliphatic heterocycles. The summed E-state index contributed by atoms with van der Waals surface area (Å²) in [5.41, 5.74) is 3.12. The summed E-state index contributed by atoms with van der Waals surface area (Å²) in [6.07, 6.45) is 0. The van der Waals surface area contributed by atoms with E-state index in [4.69, 9.17) is 9.57 Å². The van der Waals surface area contributed by atoms with Crippen LogP contribution in [-0.2, 0) is 16.6 Å². The van der Waals surface area contributed by atoms with Crippen molar-refractivity contribution in [2.45, 2.75) is 25.3 Å². The maximum atomic E-state index is 13.6. The van der Waals surface area contributed by atoms with Crippen LogP contribution in [0.25, 0.3) is 0 Å². The molecule has 36 heavy (non-hydrogen) atoms. The van der Waals surface area contributed by atoms with E-state index in [-0.39, 0.29) is 17.2 Å². The second-order valence-corrected chi connectivity index (χ2v) is 10.1. The lowest BCUT2D eigenvalue weighted by molar-refractivity contribution is 0.0879. The van der Waals surface area contributed by atoms with Gasteiger partial charge in [-0.3, -0.25) is 9.10 Å². The Morgan fingerprint density at radius 3 is 2.11 bits per heavy atom. The van der Waals surface area contributed by atoms with Crippen LogP contribution >= 0.6 is 0 Å². The molecule has 8 heteroatoms. The number of hydrogen-bond donors (Lipinski definition) is 0. The summed E-state index contributed by atoms with van der Waals surface area (Å²) < 4.78 is 35.1. The molecule has 7 nitrogen and oxygen atoms in total. The lowest BCUT2D eigenvalue weighted by atomic mass is 10.1. The van der Waals surface area contributed by atoms with Crippen LogP contribution in [0.1, 0.15) is 27.3 Å². The van der Waals surface area contributed by atoms with E-state index in [1.54, 1.807) is 60.2 Å². The maximum absolute atomic E-state index is 13.6. The molecule has 0 unspecified atom stereocenters. The smallest absolute Gasteiger partial charge is 0.264 e. The first-order valence-electron chi connectivity index (χ1n) is 11.4. The molecular weight excluding hydrogens is 476 g/mol. The van der Waals surface area contributed by atoms with Crippen LogP contribution in [-0.4, -0.2) is 32.6 Å². The first kappa shape index (κ1) is 25.1. The number of Topliss-reactive ketones (excluding diaryl/α,β-unsaturated/α-hetero) is 1. The summed E-state index contributed by atoms with van der Waals surface area (Å²) >= 11 is 0. The fourth-order valence-corrected chi connectivity index (χ4v) is 5.38. The molecule has 4 aromatic rings. The molecule has 0 spiro atoms. The number of methoxy groups -OCH3 is 1. The number of anilines is 1. The molecule has 0 fully saturated rings. The van der Waals surface area contributed by atoms with Gasteiger partial charge in [0.05, 0.1) is 35.6 Å². The average molecular weight is 505 g/mol. The highest BCUT2D eigenvalue weighted by atomic mass is 32.2. The Bertz CT molecular complexity index is 1430. The third-order valence-corrected chi connectivity index (χ3v) is 7.64. The van der Waals surface area contributed by atoms with E-state index in [0.29, 0.717) is 29.3 Å². The van der Waals surface area contributed by atoms with Crippen molar-refractivity contribution in [1.82, 2.24) is 4.73 Å². The van der Waals surface area contributed by atoms with E-state index < -0.39 is 10.0 Å². The molecule has 0 radical (unpaired) electrons. The number of aromatic nitrogens is 1. The SMILES string of the molecule is COc1ccc(N(CC(=O)c2cc(C)n(OCc3ccccc3)c2C)S(=O)(=O)c2ccccc2)cc1. The summed E-state index contributed by atoms with van der Waals surface area (Å²) in [5.74, 6) is 0.245. The highest BCUT2D eigenvalue weighted by molar-refractivity contribution is 7.92. The quantitative estimate of drug-likeness (QED) is 0.289. The topological polar surface area (TPSA) is 77.8 Å². The first-order valence-corrected chi connectivity index (χ1v) is 12.9. The predicted molar refractivity (Wildman–Crippen MR) is 139 cm³/mol. The van der Waals surface area contributed by atoms with Gasteiger partial charge in [0, 0.05) is 5.56 Å². The zero-order valence-corrected chi connectivity index (χ0v) is 21.2. The molecular formula is C28H28N2O5S. The van der Waals surface area contributed by atoms with Crippen molar-refractivity contribution in [3.05, 3.63) is 114 Å². The van der Waals surface area contributed by atoms with Crippen LogP contribution in [0.2, 0.25) is 0 Å². The van der Waals surface area contributed by atoms with E-state index in [0.717, 1.165) is 15.6 Å². The number of hydrogen-bond acceptors (Lipinski definition) is 5. The van der Waals surface area contributed by atoms with E-state index in [1.165, 1.54) is 19.2 Å². The van der Waals surface area contributed by atoms with Gasteiger partial charge in [-0.05, 0) is 61.9 Å². The summed E-state index contributed by atoms with van der Waals surface area (Å²) in [6, 6.07) is 26.1. The van der Waals surface area contributed by atoms with Gasteiger partial charge in [0.15, 0.2) is 5.78 Å². The normalized spacial score (nSPS) is 11.2. The standard InChI is InChI=1S/C28H28N2O5S/c1-21-18-27(22(2)30(21)35-20-23-10-6-4-7-11-23)28(31)19-29(24-14-16-25(34-3)17-15-24)36(32,33)26-12-8-5-9-13-26/h4-18H,19-20H2,1-3H3. The number of rotatable bonds is 10. The minimum Gasteiger partial charge on any atom is -0.497 e. The lowest BCUT2D eigenvalue weighted by Crippen LogP contribution is -2.36. The third-order valence-electron chi connectivity index (χ3n) is 5.85. The molecule has 0 bridgehead atoms. The summed E-state index contributed by atoms with van der Waals surface area (Å²) in [4.78, 5) is 19.5. The monoisotopic (exact) mass is 504 g/mol. The first-order chi connectivity index (χ1) is 17.3. The molecule has 4 rings (SSSR count). The summed E-state index contributed by atoms with van der Waals surface area (Å²) in [5, 5.41) is 0. The van der Waals surface area contributed by atoms with E-state index in [1.807, 2.05) is 37.3 Å². The Kier molecular flexibility index (Phi) is 7.45. The fourth-order valence-electron chi connectivity index (χ4n) is 3.94. The number of carbonyl (C=O) groups excluding carboxylic acids is 1. The van der Waals surface area contributed by atoms with Gasteiger partial charge >= 0.3 is 0 Å². The van der Waals surface area contributed by atoms with Crippen LogP contribution in [0.3, 0.4) is 0 Å². The van der Waals surface area contributed by atoms with Crippen LogP contribution in [0.15, 0.2) is 95.9 Å². The van der Waals surface area contributed by atoms with Crippen LogP contribution in [0.5, 0.6) is 5.75 Å². The van der Waals surface area contributed by atoms with Crippen LogP contribution in [0, 0.1) is 13.8 Å². The predicted octanol–water partition coefficient (Wildman–Crippen LogP) is 4.82. The van der Waals surface area contributed by atoms with E-state index >= 15 is 0 Å². The molecule has 1 heterocycles. The number of ether oxygens (including phenoxy) is 1. The molecule has 0 saturated carbocycles. The molecule has 3 aromatic carbocycles. The Balaban J connectivity index is 1.64. The van der Waals surface area contributed by atoms with Crippen molar-refractivity contribution < 1.29 is 22.8 Å². The zero-order chi connectivity index (χ0) is 25.7. The third kappa shape index (κ3) is 5.28. The molecule has 0 aliphatic carbocycles. The Labute approximate surface area is 211 Å². The number of nitrogens with zero attached hydrogens (tertiary/aromatic N) is 2. The van der Waals surface area contributed by atoms with Crippen molar-refractivity contribution >= 4 is 21.5 Å². The van der Waals surface area contributed by atoms with Gasteiger partial charge in [-0.2, -0.15) is 4.73 Å². The zero-order valence-electron chi connectivity index (χ0n) is 20.4. The van der Waals surface area contributed by atoms with Crippen molar-refractivity contribution in [3.8, 4) is 5.75 Å². The van der Waals surface area contributed by atoms with Gasteiger partial charge in [-0.25, -0.2) is 8.42 Å². The Morgan fingerprint density at radius 1 is 0.889 bits per heavy atom. The molecule has 0 N–H and O–H groups in total. The van der Waals surface area contributed by atoms with Crippen molar-refractivity contribution in [2.75, 3.05) is 18.0 Å². The Morgan fingerprint density at radius 2 is 1.50 bits per heavy atom. The van der Waals surface area contributed by atoms with Crippen LogP contribution in [0.4, 0.5) is 5.69 Å². The Hall–Kier alpha value is -4.04. The van der Waals surface area contributed by atoms with Crippen LogP contribution < -0.4 is 13.9 Å². The highest BCUT2D eigenvalue weighted by Crippen LogP contribution is 2.27. The van der Waals surface area contributed by atoms with Gasteiger partial charge in [-0.15, -0.1) is 0 Å². The summed E-state index contributed by atoms with van der Waals surface area (Å²) in [6.45, 7) is 3.60. The maximum Gasteiger partial charge on any atom is 0.264 e. The molecule has 0 amide bonds. The number of carbonyl (C=O) groups is 1. The second-order valence-electron chi connectivity index (χ2n) is 8.28. The average Bonchev–Trinajstić information content (AvgIpc) is 3.20. The van der Waals surface area contributed by atoms with Gasteiger partial charge in [0.1, 0.15) is 12.4 Å². The largest absolute Gasteiger partial charge is 0.497 e. The number of aryl methyl sites for hydroxylation is 1. The fraction of sp³-hybridized carbons (Fsp3) is 0.179.